The lowest BCUT2D eigenvalue weighted by Gasteiger charge is -2.22. The summed E-state index contributed by atoms with van der Waals surface area (Å²) in [5.41, 5.74) is 3.01. The van der Waals surface area contributed by atoms with Crippen molar-refractivity contribution < 1.29 is 14.9 Å². The number of aromatic nitrogens is 1. The molecule has 0 amide bonds. The Balaban J connectivity index is 2.83. The molecule has 0 saturated heterocycles. The highest BCUT2D eigenvalue weighted by atomic mass is 16.5. The number of aliphatic hydroxyl groups excluding tert-OH is 2. The minimum atomic E-state index is 0.105. The Morgan fingerprint density at radius 1 is 1.21 bits per heavy atom. The topological polar surface area (TPSA) is 65.8 Å². The molecule has 19 heavy (non-hydrogen) atoms. The average Bonchev–Trinajstić information content (AvgIpc) is 2.40. The number of hydrogen-bond donors (Lipinski definition) is 2. The number of methoxy groups -OCH3 is 1. The Hall–Kier alpha value is -1.17. The van der Waals surface area contributed by atoms with Gasteiger partial charge in [-0.15, -0.1) is 0 Å². The van der Waals surface area contributed by atoms with Crippen LogP contribution in [0.5, 0.6) is 5.75 Å². The van der Waals surface area contributed by atoms with Gasteiger partial charge in [0.2, 0.25) is 0 Å². The molecule has 5 nitrogen and oxygen atoms in total. The molecule has 1 aromatic rings. The lowest BCUT2D eigenvalue weighted by molar-refractivity contribution is 0.172. The van der Waals surface area contributed by atoms with E-state index in [9.17, 15) is 0 Å². The molecule has 0 fully saturated rings. The van der Waals surface area contributed by atoms with Crippen LogP contribution in [-0.4, -0.2) is 53.5 Å². The van der Waals surface area contributed by atoms with Crippen molar-refractivity contribution in [3.05, 3.63) is 23.0 Å². The summed E-state index contributed by atoms with van der Waals surface area (Å²) in [5.74, 6) is 0.871. The van der Waals surface area contributed by atoms with Gasteiger partial charge in [0.15, 0.2) is 0 Å². The number of hydrogen-bond acceptors (Lipinski definition) is 5. The second-order valence-corrected chi connectivity index (χ2v) is 4.62. The molecule has 1 aromatic heterocycles. The van der Waals surface area contributed by atoms with Gasteiger partial charge >= 0.3 is 0 Å². The fraction of sp³-hybridized carbons (Fsp3) is 0.643. The van der Waals surface area contributed by atoms with Crippen LogP contribution in [0.2, 0.25) is 0 Å². The van der Waals surface area contributed by atoms with Gasteiger partial charge in [0.1, 0.15) is 5.75 Å². The van der Waals surface area contributed by atoms with E-state index in [1.165, 1.54) is 0 Å². The lowest BCUT2D eigenvalue weighted by Crippen LogP contribution is -2.29. The molecule has 0 aromatic carbocycles. The zero-order valence-corrected chi connectivity index (χ0v) is 12.0. The van der Waals surface area contributed by atoms with Crippen molar-refractivity contribution in [1.29, 1.82) is 0 Å². The zero-order chi connectivity index (χ0) is 14.3. The Morgan fingerprint density at radius 3 is 2.53 bits per heavy atom. The van der Waals surface area contributed by atoms with Crippen LogP contribution in [0.3, 0.4) is 0 Å². The Kier molecular flexibility index (Phi) is 6.77. The number of nitrogens with zero attached hydrogens (tertiary/aromatic N) is 2. The minimum Gasteiger partial charge on any atom is -0.496 e. The van der Waals surface area contributed by atoms with Gasteiger partial charge in [-0.25, -0.2) is 0 Å². The Bertz CT molecular complexity index is 397. The summed E-state index contributed by atoms with van der Waals surface area (Å²) in [6.07, 6.45) is 2.51. The van der Waals surface area contributed by atoms with E-state index < -0.39 is 0 Å². The predicted molar refractivity (Wildman–Crippen MR) is 74.3 cm³/mol. The number of aliphatic hydroxyl groups is 2. The largest absolute Gasteiger partial charge is 0.496 e. The maximum absolute atomic E-state index is 9.08. The maximum atomic E-state index is 9.08. The average molecular weight is 268 g/mol. The highest BCUT2D eigenvalue weighted by Crippen LogP contribution is 2.24. The van der Waals surface area contributed by atoms with E-state index in [4.69, 9.17) is 14.9 Å². The minimum absolute atomic E-state index is 0.105. The van der Waals surface area contributed by atoms with Gasteiger partial charge in [0.25, 0.3) is 0 Å². The summed E-state index contributed by atoms with van der Waals surface area (Å²) in [6, 6.07) is 0. The SMILES string of the molecule is COc1c(C)cnc(CN(CCO)CCCO)c1C. The molecule has 108 valence electrons. The summed E-state index contributed by atoms with van der Waals surface area (Å²) in [7, 11) is 1.66. The van der Waals surface area contributed by atoms with Crippen molar-refractivity contribution in [2.45, 2.75) is 26.8 Å². The first-order valence-electron chi connectivity index (χ1n) is 6.57. The number of ether oxygens (including phenoxy) is 1. The summed E-state index contributed by atoms with van der Waals surface area (Å²) in [5, 5.41) is 18.0. The molecule has 0 spiro atoms. The fourth-order valence-electron chi connectivity index (χ4n) is 2.15. The van der Waals surface area contributed by atoms with Crippen molar-refractivity contribution in [3.8, 4) is 5.75 Å². The van der Waals surface area contributed by atoms with Crippen LogP contribution in [0, 0.1) is 13.8 Å². The van der Waals surface area contributed by atoms with E-state index in [1.54, 1.807) is 7.11 Å². The molecule has 0 aliphatic heterocycles. The second kappa shape index (κ2) is 8.09. The van der Waals surface area contributed by atoms with Gasteiger partial charge in [-0.1, -0.05) is 0 Å². The Morgan fingerprint density at radius 2 is 1.95 bits per heavy atom. The van der Waals surface area contributed by atoms with Crippen LogP contribution in [0.4, 0.5) is 0 Å². The molecule has 0 atom stereocenters. The van der Waals surface area contributed by atoms with Crippen molar-refractivity contribution in [2.24, 2.45) is 0 Å². The van der Waals surface area contributed by atoms with E-state index in [0.717, 1.165) is 29.1 Å². The smallest absolute Gasteiger partial charge is 0.128 e. The van der Waals surface area contributed by atoms with E-state index in [0.29, 0.717) is 19.5 Å². The van der Waals surface area contributed by atoms with E-state index in [2.05, 4.69) is 9.88 Å². The summed E-state index contributed by atoms with van der Waals surface area (Å²) in [6.45, 7) is 6.21. The van der Waals surface area contributed by atoms with Crippen LogP contribution >= 0.6 is 0 Å². The molecule has 5 heteroatoms. The van der Waals surface area contributed by atoms with E-state index in [-0.39, 0.29) is 13.2 Å². The van der Waals surface area contributed by atoms with Gasteiger partial charge < -0.3 is 14.9 Å². The maximum Gasteiger partial charge on any atom is 0.128 e. The normalized spacial score (nSPS) is 11.1. The highest BCUT2D eigenvalue weighted by Gasteiger charge is 2.12. The van der Waals surface area contributed by atoms with Gasteiger partial charge in [-0.2, -0.15) is 0 Å². The Labute approximate surface area is 114 Å². The third-order valence-corrected chi connectivity index (χ3v) is 3.17. The summed E-state index contributed by atoms with van der Waals surface area (Å²) < 4.78 is 5.39. The predicted octanol–water partition coefficient (Wildman–Crippen LogP) is 0.884. The molecule has 0 aliphatic carbocycles. The highest BCUT2D eigenvalue weighted by molar-refractivity contribution is 5.40. The molecular formula is C14H24N2O3. The van der Waals surface area contributed by atoms with Gasteiger partial charge in [0.05, 0.1) is 19.4 Å². The summed E-state index contributed by atoms with van der Waals surface area (Å²) >= 11 is 0. The first kappa shape index (κ1) is 15.9. The van der Waals surface area contributed by atoms with Crippen molar-refractivity contribution >= 4 is 0 Å². The molecule has 1 rings (SSSR count). The van der Waals surface area contributed by atoms with Crippen LogP contribution in [0.1, 0.15) is 23.2 Å². The van der Waals surface area contributed by atoms with E-state index >= 15 is 0 Å². The number of aryl methyl sites for hydroxylation is 1. The van der Waals surface area contributed by atoms with Crippen molar-refractivity contribution in [3.63, 3.8) is 0 Å². The molecule has 0 radical (unpaired) electrons. The standard InChI is InChI=1S/C14H24N2O3/c1-11-9-15-13(12(2)14(11)19-3)10-16(6-8-18)5-4-7-17/h9,17-18H,4-8,10H2,1-3H3. The second-order valence-electron chi connectivity index (χ2n) is 4.62. The monoisotopic (exact) mass is 268 g/mol. The van der Waals surface area contributed by atoms with Gasteiger partial charge in [0, 0.05) is 43.6 Å². The fourth-order valence-corrected chi connectivity index (χ4v) is 2.15. The van der Waals surface area contributed by atoms with Gasteiger partial charge in [-0.3, -0.25) is 9.88 Å². The molecule has 0 aliphatic rings. The van der Waals surface area contributed by atoms with Gasteiger partial charge in [-0.05, 0) is 20.3 Å². The third-order valence-electron chi connectivity index (χ3n) is 3.17. The third kappa shape index (κ3) is 4.45. The number of rotatable bonds is 8. The molecule has 0 saturated carbocycles. The molecular weight excluding hydrogens is 244 g/mol. The lowest BCUT2D eigenvalue weighted by atomic mass is 10.1. The molecule has 2 N–H and O–H groups in total. The summed E-state index contributed by atoms with van der Waals surface area (Å²) in [4.78, 5) is 6.53. The molecule has 0 unspecified atom stereocenters. The molecule has 0 bridgehead atoms. The van der Waals surface area contributed by atoms with Crippen LogP contribution in [0.25, 0.3) is 0 Å². The first-order valence-corrected chi connectivity index (χ1v) is 6.57. The van der Waals surface area contributed by atoms with Crippen molar-refractivity contribution in [2.75, 3.05) is 33.4 Å². The van der Waals surface area contributed by atoms with Crippen molar-refractivity contribution in [1.82, 2.24) is 9.88 Å². The van der Waals surface area contributed by atoms with Crippen LogP contribution in [0.15, 0.2) is 6.20 Å². The number of pyridine rings is 1. The van der Waals surface area contributed by atoms with Crippen LogP contribution in [-0.2, 0) is 6.54 Å². The quantitative estimate of drug-likeness (QED) is 0.733. The van der Waals surface area contributed by atoms with Crippen LogP contribution < -0.4 is 4.74 Å². The first-order chi connectivity index (χ1) is 9.13. The zero-order valence-electron chi connectivity index (χ0n) is 12.0. The van der Waals surface area contributed by atoms with E-state index in [1.807, 2.05) is 20.0 Å². The molecule has 1 heterocycles.